The van der Waals surface area contributed by atoms with Crippen molar-refractivity contribution < 1.29 is 14.0 Å². The van der Waals surface area contributed by atoms with Crippen LogP contribution < -0.4 is 5.32 Å². The molecular formula is C20H13BrFNO2. The Bertz CT molecular complexity index is 938. The van der Waals surface area contributed by atoms with Crippen molar-refractivity contribution in [3.63, 3.8) is 0 Å². The molecule has 0 spiro atoms. The van der Waals surface area contributed by atoms with Crippen molar-refractivity contribution in [1.82, 2.24) is 0 Å². The van der Waals surface area contributed by atoms with Gasteiger partial charge in [-0.05, 0) is 42.5 Å². The zero-order chi connectivity index (χ0) is 17.8. The van der Waals surface area contributed by atoms with E-state index < -0.39 is 11.7 Å². The Morgan fingerprint density at radius 1 is 0.800 bits per heavy atom. The summed E-state index contributed by atoms with van der Waals surface area (Å²) in [5, 5.41) is 2.51. The third-order valence-corrected chi connectivity index (χ3v) is 4.17. The molecule has 0 fully saturated rings. The van der Waals surface area contributed by atoms with E-state index in [-0.39, 0.29) is 22.6 Å². The molecule has 3 nitrogen and oxygen atoms in total. The fraction of sp³-hybridized carbons (Fsp3) is 0. The van der Waals surface area contributed by atoms with Gasteiger partial charge in [0.15, 0.2) is 5.78 Å². The van der Waals surface area contributed by atoms with Crippen molar-refractivity contribution in [2.45, 2.75) is 0 Å². The Labute approximate surface area is 152 Å². The van der Waals surface area contributed by atoms with Crippen molar-refractivity contribution in [1.29, 1.82) is 0 Å². The molecule has 5 heteroatoms. The number of carbonyl (C=O) groups is 2. The molecular weight excluding hydrogens is 385 g/mol. The second-order valence-corrected chi connectivity index (χ2v) is 6.23. The molecule has 25 heavy (non-hydrogen) atoms. The minimum Gasteiger partial charge on any atom is -0.319 e. The van der Waals surface area contributed by atoms with E-state index >= 15 is 0 Å². The van der Waals surface area contributed by atoms with Crippen LogP contribution in [0.3, 0.4) is 0 Å². The lowest BCUT2D eigenvalue weighted by atomic mass is 9.98. The maximum Gasteiger partial charge on any atom is 0.256 e. The molecule has 3 aromatic rings. The third kappa shape index (κ3) is 3.83. The van der Waals surface area contributed by atoms with E-state index in [1.54, 1.807) is 54.6 Å². The van der Waals surface area contributed by atoms with Crippen LogP contribution in [-0.2, 0) is 0 Å². The summed E-state index contributed by atoms with van der Waals surface area (Å²) in [6.45, 7) is 0. The average molecular weight is 398 g/mol. The molecule has 1 amide bonds. The van der Waals surface area contributed by atoms with Gasteiger partial charge < -0.3 is 5.32 Å². The zero-order valence-corrected chi connectivity index (χ0v) is 14.6. The van der Waals surface area contributed by atoms with Crippen molar-refractivity contribution in [3.05, 3.63) is 99.8 Å². The van der Waals surface area contributed by atoms with Gasteiger partial charge in [-0.15, -0.1) is 0 Å². The summed E-state index contributed by atoms with van der Waals surface area (Å²) in [5.74, 6) is -1.34. The maximum absolute atomic E-state index is 13.7. The van der Waals surface area contributed by atoms with Gasteiger partial charge in [0.1, 0.15) is 5.82 Å². The van der Waals surface area contributed by atoms with Crippen molar-refractivity contribution >= 4 is 33.3 Å². The van der Waals surface area contributed by atoms with E-state index in [1.165, 1.54) is 18.2 Å². The summed E-state index contributed by atoms with van der Waals surface area (Å²) in [4.78, 5) is 25.3. The van der Waals surface area contributed by atoms with Gasteiger partial charge in [0.25, 0.3) is 5.91 Å². The van der Waals surface area contributed by atoms with Crippen LogP contribution in [0.15, 0.2) is 77.3 Å². The number of halogens is 2. The topological polar surface area (TPSA) is 46.2 Å². The summed E-state index contributed by atoms with van der Waals surface area (Å²) < 4.78 is 14.6. The standard InChI is InChI=1S/C20H13BrFNO2/c21-14-11-9-13(10-12-14)19(24)15-5-1-2-6-16(15)20(25)23-18-8-4-3-7-17(18)22/h1-12H,(H,23,25). The first kappa shape index (κ1) is 17.0. The third-order valence-electron chi connectivity index (χ3n) is 3.64. The van der Waals surface area contributed by atoms with Gasteiger partial charge in [-0.25, -0.2) is 4.39 Å². The number of hydrogen-bond donors (Lipinski definition) is 1. The molecule has 3 aromatic carbocycles. The van der Waals surface area contributed by atoms with Gasteiger partial charge >= 0.3 is 0 Å². The van der Waals surface area contributed by atoms with Crippen molar-refractivity contribution in [3.8, 4) is 0 Å². The van der Waals surface area contributed by atoms with Crippen LogP contribution in [0.25, 0.3) is 0 Å². The summed E-state index contributed by atoms with van der Waals surface area (Å²) in [7, 11) is 0. The molecule has 0 saturated heterocycles. The van der Waals surface area contributed by atoms with E-state index in [2.05, 4.69) is 21.2 Å². The molecule has 0 saturated carbocycles. The van der Waals surface area contributed by atoms with Crippen LogP contribution in [0.4, 0.5) is 10.1 Å². The Balaban J connectivity index is 1.93. The van der Waals surface area contributed by atoms with Crippen LogP contribution in [0.1, 0.15) is 26.3 Å². The first-order valence-electron chi connectivity index (χ1n) is 7.51. The minimum absolute atomic E-state index is 0.0680. The smallest absolute Gasteiger partial charge is 0.256 e. The van der Waals surface area contributed by atoms with Crippen molar-refractivity contribution in [2.24, 2.45) is 0 Å². The van der Waals surface area contributed by atoms with Gasteiger partial charge in [0.2, 0.25) is 0 Å². The largest absolute Gasteiger partial charge is 0.319 e. The number of para-hydroxylation sites is 1. The number of hydrogen-bond acceptors (Lipinski definition) is 2. The van der Waals surface area contributed by atoms with E-state index in [0.29, 0.717) is 5.56 Å². The molecule has 124 valence electrons. The number of amides is 1. The molecule has 0 aliphatic heterocycles. The molecule has 1 N–H and O–H groups in total. The Morgan fingerprint density at radius 2 is 1.40 bits per heavy atom. The highest BCUT2D eigenvalue weighted by molar-refractivity contribution is 9.10. The molecule has 3 rings (SSSR count). The second-order valence-electron chi connectivity index (χ2n) is 5.32. The summed E-state index contributed by atoms with van der Waals surface area (Å²) in [5.41, 5.74) is 0.991. The number of ketones is 1. The second kappa shape index (κ2) is 7.40. The number of benzene rings is 3. The molecule has 0 bridgehead atoms. The first-order chi connectivity index (χ1) is 12.1. The highest BCUT2D eigenvalue weighted by atomic mass is 79.9. The molecule has 0 aliphatic carbocycles. The number of rotatable bonds is 4. The lowest BCUT2D eigenvalue weighted by molar-refractivity contribution is 0.0996. The maximum atomic E-state index is 13.7. The lowest BCUT2D eigenvalue weighted by Crippen LogP contribution is -2.17. The molecule has 0 atom stereocenters. The van der Waals surface area contributed by atoms with Gasteiger partial charge in [-0.3, -0.25) is 9.59 Å². The minimum atomic E-state index is -0.536. The predicted octanol–water partition coefficient (Wildman–Crippen LogP) is 5.07. The summed E-state index contributed by atoms with van der Waals surface area (Å²) in [6, 6.07) is 19.2. The van der Waals surface area contributed by atoms with E-state index in [9.17, 15) is 14.0 Å². The normalized spacial score (nSPS) is 10.3. The highest BCUT2D eigenvalue weighted by Crippen LogP contribution is 2.19. The Hall–Kier alpha value is -2.79. The molecule has 0 aliphatic rings. The van der Waals surface area contributed by atoms with Crippen molar-refractivity contribution in [2.75, 3.05) is 5.32 Å². The van der Waals surface area contributed by atoms with E-state index in [1.807, 2.05) is 0 Å². The summed E-state index contributed by atoms with van der Waals surface area (Å²) in [6.07, 6.45) is 0. The first-order valence-corrected chi connectivity index (χ1v) is 8.31. The van der Waals surface area contributed by atoms with Gasteiger partial charge in [-0.2, -0.15) is 0 Å². The fourth-order valence-corrected chi connectivity index (χ4v) is 2.65. The van der Waals surface area contributed by atoms with Crippen LogP contribution >= 0.6 is 15.9 Å². The highest BCUT2D eigenvalue weighted by Gasteiger charge is 2.18. The fourth-order valence-electron chi connectivity index (χ4n) is 2.39. The van der Waals surface area contributed by atoms with Gasteiger partial charge in [0.05, 0.1) is 11.3 Å². The lowest BCUT2D eigenvalue weighted by Gasteiger charge is -2.10. The monoisotopic (exact) mass is 397 g/mol. The predicted molar refractivity (Wildman–Crippen MR) is 98.4 cm³/mol. The van der Waals surface area contributed by atoms with Gasteiger partial charge in [0, 0.05) is 15.6 Å². The average Bonchev–Trinajstić information content (AvgIpc) is 2.63. The Morgan fingerprint density at radius 3 is 2.08 bits per heavy atom. The van der Waals surface area contributed by atoms with Gasteiger partial charge in [-0.1, -0.05) is 46.3 Å². The molecule has 0 radical (unpaired) electrons. The quantitative estimate of drug-likeness (QED) is 0.624. The molecule has 0 aromatic heterocycles. The number of anilines is 1. The van der Waals surface area contributed by atoms with Crippen LogP contribution in [0, 0.1) is 5.82 Å². The molecule has 0 heterocycles. The number of nitrogens with one attached hydrogen (secondary N) is 1. The zero-order valence-electron chi connectivity index (χ0n) is 13.0. The SMILES string of the molecule is O=C(Nc1ccccc1F)c1ccccc1C(=O)c1ccc(Br)cc1. The van der Waals surface area contributed by atoms with Crippen LogP contribution in [0.5, 0.6) is 0 Å². The van der Waals surface area contributed by atoms with E-state index in [0.717, 1.165) is 4.47 Å². The van der Waals surface area contributed by atoms with Crippen LogP contribution in [-0.4, -0.2) is 11.7 Å². The number of carbonyl (C=O) groups excluding carboxylic acids is 2. The van der Waals surface area contributed by atoms with E-state index in [4.69, 9.17) is 0 Å². The Kier molecular flexibility index (Phi) is 5.05. The summed E-state index contributed by atoms with van der Waals surface area (Å²) >= 11 is 3.32. The van der Waals surface area contributed by atoms with Crippen LogP contribution in [0.2, 0.25) is 0 Å². The molecule has 0 unspecified atom stereocenters.